The predicted molar refractivity (Wildman–Crippen MR) is 96.4 cm³/mol. The number of unbranched alkanes of at least 4 members (excludes halogenated alkanes) is 2. The third-order valence-corrected chi connectivity index (χ3v) is 4.64. The summed E-state index contributed by atoms with van der Waals surface area (Å²) in [5, 5.41) is 0. The molecular weight excluding hydrogens is 326 g/mol. The summed E-state index contributed by atoms with van der Waals surface area (Å²) < 4.78 is 26.7. The molecule has 0 saturated heterocycles. The Morgan fingerprint density at radius 1 is 1.08 bits per heavy atom. The zero-order chi connectivity index (χ0) is 17.4. The summed E-state index contributed by atoms with van der Waals surface area (Å²) in [5.41, 5.74) is 0.590. The van der Waals surface area contributed by atoms with Crippen LogP contribution in [0.25, 0.3) is 6.08 Å². The van der Waals surface area contributed by atoms with Gasteiger partial charge in [0, 0.05) is 4.90 Å². The van der Waals surface area contributed by atoms with Crippen molar-refractivity contribution in [1.29, 1.82) is 0 Å². The molecule has 0 N–H and O–H groups in total. The van der Waals surface area contributed by atoms with Crippen molar-refractivity contribution in [2.24, 2.45) is 0 Å². The van der Waals surface area contributed by atoms with Crippen molar-refractivity contribution in [1.82, 2.24) is 0 Å². The molecule has 1 nitrogen and oxygen atoms in total. The molecule has 0 aromatic heterocycles. The van der Waals surface area contributed by atoms with E-state index < -0.39 is 17.4 Å². The summed E-state index contributed by atoms with van der Waals surface area (Å²) >= 11 is 1.81. The molecule has 0 heterocycles. The lowest BCUT2D eigenvalue weighted by molar-refractivity contribution is 0.104. The second kappa shape index (κ2) is 9.38. The maximum Gasteiger partial charge on any atom is 0.188 e. The Kier molecular flexibility index (Phi) is 7.19. The first-order valence-corrected chi connectivity index (χ1v) is 8.99. The van der Waals surface area contributed by atoms with Gasteiger partial charge in [-0.05, 0) is 48.1 Å². The Balaban J connectivity index is 1.96. The van der Waals surface area contributed by atoms with Crippen molar-refractivity contribution >= 4 is 23.6 Å². The molecule has 126 valence electrons. The number of carbonyl (C=O) groups excluding carboxylic acids is 1. The highest BCUT2D eigenvalue weighted by atomic mass is 32.2. The molecule has 4 heteroatoms. The average Bonchev–Trinajstić information content (AvgIpc) is 2.60. The van der Waals surface area contributed by atoms with Crippen LogP contribution in [0, 0.1) is 11.6 Å². The van der Waals surface area contributed by atoms with E-state index >= 15 is 0 Å². The van der Waals surface area contributed by atoms with E-state index in [0.29, 0.717) is 0 Å². The molecule has 0 saturated carbocycles. The van der Waals surface area contributed by atoms with E-state index in [-0.39, 0.29) is 5.56 Å². The highest BCUT2D eigenvalue weighted by Crippen LogP contribution is 2.21. The SMILES string of the molecule is CCCCCSc1ccc(C=CC(=O)c2cccc(F)c2F)cc1. The van der Waals surface area contributed by atoms with Crippen LogP contribution >= 0.6 is 11.8 Å². The smallest absolute Gasteiger partial charge is 0.188 e. The highest BCUT2D eigenvalue weighted by Gasteiger charge is 2.12. The number of hydrogen-bond acceptors (Lipinski definition) is 2. The quantitative estimate of drug-likeness (QED) is 0.247. The van der Waals surface area contributed by atoms with Gasteiger partial charge in [0.1, 0.15) is 0 Å². The number of ketones is 1. The van der Waals surface area contributed by atoms with Crippen molar-refractivity contribution in [2.45, 2.75) is 31.1 Å². The van der Waals surface area contributed by atoms with E-state index in [1.807, 2.05) is 36.0 Å². The fraction of sp³-hybridized carbons (Fsp3) is 0.250. The highest BCUT2D eigenvalue weighted by molar-refractivity contribution is 7.99. The summed E-state index contributed by atoms with van der Waals surface area (Å²) in [7, 11) is 0. The topological polar surface area (TPSA) is 17.1 Å². The lowest BCUT2D eigenvalue weighted by Gasteiger charge is -2.02. The molecule has 2 aromatic rings. The van der Waals surface area contributed by atoms with Gasteiger partial charge in [-0.2, -0.15) is 0 Å². The van der Waals surface area contributed by atoms with E-state index in [1.165, 1.54) is 42.4 Å². The molecule has 0 spiro atoms. The molecule has 0 aliphatic carbocycles. The van der Waals surface area contributed by atoms with Crippen LogP contribution < -0.4 is 0 Å². The Morgan fingerprint density at radius 2 is 1.83 bits per heavy atom. The van der Waals surface area contributed by atoms with Gasteiger partial charge < -0.3 is 0 Å². The van der Waals surface area contributed by atoms with E-state index in [4.69, 9.17) is 0 Å². The Hall–Kier alpha value is -1.94. The van der Waals surface area contributed by atoms with Gasteiger partial charge in [0.05, 0.1) is 5.56 Å². The second-order valence-electron chi connectivity index (χ2n) is 5.42. The number of halogens is 2. The summed E-state index contributed by atoms with van der Waals surface area (Å²) in [6.45, 7) is 2.18. The van der Waals surface area contributed by atoms with Gasteiger partial charge in [0.2, 0.25) is 0 Å². The molecule has 2 aromatic carbocycles. The number of benzene rings is 2. The average molecular weight is 346 g/mol. The predicted octanol–water partition coefficient (Wildman–Crippen LogP) is 6.14. The summed E-state index contributed by atoms with van der Waals surface area (Å²) in [5.74, 6) is -1.57. The van der Waals surface area contributed by atoms with E-state index in [1.54, 1.807) is 6.08 Å². The third kappa shape index (κ3) is 5.31. The van der Waals surface area contributed by atoms with Gasteiger partial charge in [-0.1, -0.05) is 44.0 Å². The molecular formula is C20H20F2OS. The van der Waals surface area contributed by atoms with Crippen LogP contribution in [0.5, 0.6) is 0 Å². The molecule has 0 aliphatic heterocycles. The fourth-order valence-electron chi connectivity index (χ4n) is 2.17. The van der Waals surface area contributed by atoms with Crippen LogP contribution in [-0.4, -0.2) is 11.5 Å². The Morgan fingerprint density at radius 3 is 2.54 bits per heavy atom. The number of rotatable bonds is 8. The van der Waals surface area contributed by atoms with Crippen LogP contribution in [0.2, 0.25) is 0 Å². The lowest BCUT2D eigenvalue weighted by atomic mass is 10.1. The van der Waals surface area contributed by atoms with Crippen LogP contribution in [0.15, 0.2) is 53.4 Å². The minimum Gasteiger partial charge on any atom is -0.289 e. The van der Waals surface area contributed by atoms with Gasteiger partial charge in [0.25, 0.3) is 0 Å². The minimum absolute atomic E-state index is 0.255. The van der Waals surface area contributed by atoms with Crippen molar-refractivity contribution in [3.8, 4) is 0 Å². The molecule has 0 aliphatic rings. The second-order valence-corrected chi connectivity index (χ2v) is 6.59. The van der Waals surface area contributed by atoms with Crippen molar-refractivity contribution in [3.05, 3.63) is 71.3 Å². The van der Waals surface area contributed by atoms with Crippen LogP contribution in [-0.2, 0) is 0 Å². The number of thioether (sulfide) groups is 1. The Labute approximate surface area is 145 Å². The zero-order valence-corrected chi connectivity index (χ0v) is 14.4. The maximum absolute atomic E-state index is 13.6. The normalized spacial score (nSPS) is 11.1. The van der Waals surface area contributed by atoms with Crippen molar-refractivity contribution in [2.75, 3.05) is 5.75 Å². The number of carbonyl (C=O) groups is 1. The van der Waals surface area contributed by atoms with Gasteiger partial charge in [-0.15, -0.1) is 11.8 Å². The largest absolute Gasteiger partial charge is 0.289 e. The molecule has 0 amide bonds. The van der Waals surface area contributed by atoms with E-state index in [9.17, 15) is 13.6 Å². The van der Waals surface area contributed by atoms with Crippen LogP contribution in [0.1, 0.15) is 42.1 Å². The van der Waals surface area contributed by atoms with E-state index in [0.717, 1.165) is 17.4 Å². The molecule has 24 heavy (non-hydrogen) atoms. The first-order valence-electron chi connectivity index (χ1n) is 8.01. The van der Waals surface area contributed by atoms with Crippen molar-refractivity contribution < 1.29 is 13.6 Å². The van der Waals surface area contributed by atoms with E-state index in [2.05, 4.69) is 6.92 Å². The molecule has 0 atom stereocenters. The Bertz CT molecular complexity index is 708. The zero-order valence-electron chi connectivity index (χ0n) is 13.6. The summed E-state index contributed by atoms with van der Waals surface area (Å²) in [6, 6.07) is 11.4. The molecule has 0 unspecified atom stereocenters. The molecule has 0 fully saturated rings. The summed E-state index contributed by atoms with van der Waals surface area (Å²) in [4.78, 5) is 13.1. The maximum atomic E-state index is 13.6. The third-order valence-electron chi connectivity index (χ3n) is 3.54. The standard InChI is InChI=1S/C20H20F2OS/c1-2-3-4-14-24-16-11-8-15(9-12-16)10-13-19(23)17-6-5-7-18(21)20(17)22/h5-13H,2-4,14H2,1H3. The van der Waals surface area contributed by atoms with Gasteiger partial charge >= 0.3 is 0 Å². The molecule has 2 rings (SSSR count). The first-order chi connectivity index (χ1) is 11.6. The first kappa shape index (κ1) is 18.4. The molecule has 0 radical (unpaired) electrons. The van der Waals surface area contributed by atoms with Crippen LogP contribution in [0.3, 0.4) is 0 Å². The lowest BCUT2D eigenvalue weighted by Crippen LogP contribution is -2.00. The van der Waals surface area contributed by atoms with Gasteiger partial charge in [0.15, 0.2) is 17.4 Å². The molecule has 0 bridgehead atoms. The van der Waals surface area contributed by atoms with Crippen LogP contribution in [0.4, 0.5) is 8.78 Å². The van der Waals surface area contributed by atoms with Gasteiger partial charge in [-0.3, -0.25) is 4.79 Å². The fourth-order valence-corrected chi connectivity index (χ4v) is 3.09. The van der Waals surface area contributed by atoms with Gasteiger partial charge in [-0.25, -0.2) is 8.78 Å². The minimum atomic E-state index is -1.11. The van der Waals surface area contributed by atoms with Crippen molar-refractivity contribution in [3.63, 3.8) is 0 Å². The summed E-state index contributed by atoms with van der Waals surface area (Å²) in [6.07, 6.45) is 6.53. The number of hydrogen-bond donors (Lipinski definition) is 0. The monoisotopic (exact) mass is 346 g/mol. The number of allylic oxidation sites excluding steroid dienone is 1.